The van der Waals surface area contributed by atoms with Crippen LogP contribution in [0.25, 0.3) is 11.0 Å². The molecule has 9 nitrogen and oxygen atoms in total. The van der Waals surface area contributed by atoms with Crippen molar-refractivity contribution in [2.24, 2.45) is 5.41 Å². The van der Waals surface area contributed by atoms with Gasteiger partial charge in [-0.25, -0.2) is 4.68 Å². The number of aryl methyl sites for hydroxylation is 1. The summed E-state index contributed by atoms with van der Waals surface area (Å²) in [6, 6.07) is 8.14. The molecule has 39 heavy (non-hydrogen) atoms. The summed E-state index contributed by atoms with van der Waals surface area (Å²) in [4.78, 5) is 11.6. The van der Waals surface area contributed by atoms with E-state index in [1.54, 1.807) is 4.68 Å². The summed E-state index contributed by atoms with van der Waals surface area (Å²) in [5, 5.41) is 5.82. The zero-order valence-corrected chi connectivity index (χ0v) is 23.6. The van der Waals surface area contributed by atoms with Crippen molar-refractivity contribution in [1.29, 1.82) is 0 Å². The van der Waals surface area contributed by atoms with Gasteiger partial charge in [0.1, 0.15) is 36.5 Å². The molecule has 1 aliphatic carbocycles. The van der Waals surface area contributed by atoms with Crippen molar-refractivity contribution in [2.75, 3.05) is 24.6 Å². The summed E-state index contributed by atoms with van der Waals surface area (Å²) in [6.45, 7) is 8.33. The molecule has 7 rings (SSSR count). The minimum absolute atomic E-state index is 0.206. The quantitative estimate of drug-likeness (QED) is 0.380. The number of nitrogens with zero attached hydrogens (tertiary/aromatic N) is 5. The first-order valence-corrected chi connectivity index (χ1v) is 14.6. The molecule has 3 aliphatic heterocycles. The standard InChI is InChI=1S/C29H36ClN5O4/c1-4-18-9-8-10-19(13-18)36-15-21-22-23(39-28(2,3)38-22)26(37-21)35-25-20(14-31-35)24(32-27(30)33-25)34-16-29(17-34)11-6-5-7-12-29/h8-10,13-14,21-23,26H,4-7,11-12,15-17H2,1-3H3/t21-,22-,23-,26-/m1/s1. The Morgan fingerprint density at radius 3 is 2.67 bits per heavy atom. The highest BCUT2D eigenvalue weighted by atomic mass is 35.5. The lowest BCUT2D eigenvalue weighted by Gasteiger charge is -2.53. The van der Waals surface area contributed by atoms with Crippen LogP contribution < -0.4 is 9.64 Å². The van der Waals surface area contributed by atoms with Crippen LogP contribution in [0.4, 0.5) is 5.82 Å². The lowest BCUT2D eigenvalue weighted by Crippen LogP contribution is -2.57. The zero-order valence-electron chi connectivity index (χ0n) is 22.8. The molecule has 0 amide bonds. The maximum absolute atomic E-state index is 6.53. The number of rotatable bonds is 6. The van der Waals surface area contributed by atoms with Crippen LogP contribution in [0.15, 0.2) is 30.5 Å². The molecular formula is C29H36ClN5O4. The van der Waals surface area contributed by atoms with Crippen molar-refractivity contribution in [2.45, 2.75) is 89.6 Å². The SMILES string of the molecule is CCc1cccc(OC[C@H]2O[C@@H](n3ncc4c(N5CC6(CCCCC6)C5)nc(Cl)nc43)[C@@H]3OC(C)(C)O[C@@H]32)c1. The third-order valence-electron chi connectivity index (χ3n) is 8.76. The Morgan fingerprint density at radius 2 is 1.87 bits per heavy atom. The molecule has 0 bridgehead atoms. The van der Waals surface area contributed by atoms with Crippen LogP contribution >= 0.6 is 11.6 Å². The fraction of sp³-hybridized carbons (Fsp3) is 0.621. The highest BCUT2D eigenvalue weighted by molar-refractivity contribution is 6.28. The molecule has 208 valence electrons. The number of ether oxygens (including phenoxy) is 4. The van der Waals surface area contributed by atoms with Gasteiger partial charge in [0, 0.05) is 18.5 Å². The van der Waals surface area contributed by atoms with Crippen LogP contribution in [0.2, 0.25) is 5.28 Å². The Hall–Kier alpha value is -2.46. The predicted octanol–water partition coefficient (Wildman–Crippen LogP) is 5.31. The summed E-state index contributed by atoms with van der Waals surface area (Å²) in [6.07, 6.45) is 7.80. The van der Waals surface area contributed by atoms with Crippen LogP contribution in [-0.2, 0) is 20.6 Å². The van der Waals surface area contributed by atoms with Gasteiger partial charge in [-0.1, -0.05) is 38.3 Å². The van der Waals surface area contributed by atoms with E-state index >= 15 is 0 Å². The highest BCUT2D eigenvalue weighted by Gasteiger charge is 2.57. The van der Waals surface area contributed by atoms with Crippen molar-refractivity contribution in [3.63, 3.8) is 0 Å². The maximum atomic E-state index is 6.53. The number of anilines is 1. The fourth-order valence-electron chi connectivity index (χ4n) is 6.87. The largest absolute Gasteiger partial charge is 0.491 e. The average Bonchev–Trinajstić information content (AvgIpc) is 3.56. The van der Waals surface area contributed by atoms with Crippen molar-refractivity contribution in [1.82, 2.24) is 19.7 Å². The molecule has 1 aromatic carbocycles. The van der Waals surface area contributed by atoms with Crippen LogP contribution in [0.5, 0.6) is 5.75 Å². The monoisotopic (exact) mass is 553 g/mol. The zero-order chi connectivity index (χ0) is 26.8. The normalized spacial score (nSPS) is 29.1. The average molecular weight is 554 g/mol. The van der Waals surface area contributed by atoms with Gasteiger partial charge in [0.2, 0.25) is 5.28 Å². The van der Waals surface area contributed by atoms with Gasteiger partial charge in [0.25, 0.3) is 0 Å². The molecule has 2 aromatic heterocycles. The lowest BCUT2D eigenvalue weighted by atomic mass is 9.68. The first-order chi connectivity index (χ1) is 18.8. The molecule has 3 saturated heterocycles. The van der Waals surface area contributed by atoms with Crippen molar-refractivity contribution >= 4 is 28.5 Å². The van der Waals surface area contributed by atoms with Crippen LogP contribution in [-0.4, -0.2) is 63.5 Å². The summed E-state index contributed by atoms with van der Waals surface area (Å²) in [7, 11) is 0. The molecule has 0 radical (unpaired) electrons. The smallest absolute Gasteiger partial charge is 0.226 e. The molecule has 4 aliphatic rings. The third-order valence-corrected chi connectivity index (χ3v) is 8.93. The van der Waals surface area contributed by atoms with Gasteiger partial charge >= 0.3 is 0 Å². The van der Waals surface area contributed by atoms with E-state index in [2.05, 4.69) is 33.9 Å². The minimum Gasteiger partial charge on any atom is -0.491 e. The first kappa shape index (κ1) is 25.5. The second-order valence-electron chi connectivity index (χ2n) is 12.0. The molecule has 5 heterocycles. The van der Waals surface area contributed by atoms with Gasteiger partial charge in [-0.05, 0) is 62.4 Å². The van der Waals surface area contributed by atoms with E-state index < -0.39 is 12.0 Å². The van der Waals surface area contributed by atoms with E-state index in [1.165, 1.54) is 37.7 Å². The topological polar surface area (TPSA) is 83.8 Å². The molecule has 10 heteroatoms. The molecule has 3 aromatic rings. The summed E-state index contributed by atoms with van der Waals surface area (Å²) in [5.41, 5.74) is 2.29. The first-order valence-electron chi connectivity index (χ1n) is 14.2. The number of benzene rings is 1. The Bertz CT molecular complexity index is 1360. The number of aromatic nitrogens is 4. The molecular weight excluding hydrogens is 518 g/mol. The van der Waals surface area contributed by atoms with Gasteiger partial charge in [0.05, 0.1) is 11.6 Å². The summed E-state index contributed by atoms with van der Waals surface area (Å²) >= 11 is 6.48. The fourth-order valence-corrected chi connectivity index (χ4v) is 7.03. The van der Waals surface area contributed by atoms with E-state index in [0.717, 1.165) is 36.5 Å². The highest BCUT2D eigenvalue weighted by Crippen LogP contribution is 2.47. The molecule has 4 atom stereocenters. The van der Waals surface area contributed by atoms with Crippen LogP contribution in [0, 0.1) is 5.41 Å². The number of halogens is 1. The van der Waals surface area contributed by atoms with E-state index in [1.807, 2.05) is 32.2 Å². The van der Waals surface area contributed by atoms with Gasteiger partial charge in [-0.3, -0.25) is 0 Å². The number of fused-ring (bicyclic) bond motifs is 2. The summed E-state index contributed by atoms with van der Waals surface area (Å²) < 4.78 is 27.1. The second-order valence-corrected chi connectivity index (χ2v) is 12.3. The number of hydrogen-bond acceptors (Lipinski definition) is 8. The van der Waals surface area contributed by atoms with E-state index in [-0.39, 0.29) is 23.6 Å². The van der Waals surface area contributed by atoms with Gasteiger partial charge in [0.15, 0.2) is 17.7 Å². The molecule has 1 spiro atoms. The van der Waals surface area contributed by atoms with Crippen LogP contribution in [0.3, 0.4) is 0 Å². The van der Waals surface area contributed by atoms with Gasteiger partial charge in [-0.15, -0.1) is 0 Å². The van der Waals surface area contributed by atoms with Crippen molar-refractivity contribution in [3.8, 4) is 5.75 Å². The Labute approximate surface area is 233 Å². The van der Waals surface area contributed by atoms with E-state index in [4.69, 9.17) is 35.6 Å². The summed E-state index contributed by atoms with van der Waals surface area (Å²) in [5.74, 6) is 0.918. The Kier molecular flexibility index (Phi) is 6.26. The molecule has 0 N–H and O–H groups in total. The van der Waals surface area contributed by atoms with Gasteiger partial charge in [-0.2, -0.15) is 15.1 Å². The number of hydrogen-bond donors (Lipinski definition) is 0. The molecule has 4 fully saturated rings. The van der Waals surface area contributed by atoms with E-state index in [0.29, 0.717) is 17.7 Å². The predicted molar refractivity (Wildman–Crippen MR) is 147 cm³/mol. The minimum atomic E-state index is -0.746. The lowest BCUT2D eigenvalue weighted by molar-refractivity contribution is -0.200. The molecule has 0 unspecified atom stereocenters. The Morgan fingerprint density at radius 1 is 1.08 bits per heavy atom. The van der Waals surface area contributed by atoms with Gasteiger partial charge < -0.3 is 23.8 Å². The second kappa shape index (κ2) is 9.58. The third kappa shape index (κ3) is 4.57. The maximum Gasteiger partial charge on any atom is 0.226 e. The Balaban J connectivity index is 1.15. The molecule has 1 saturated carbocycles. The van der Waals surface area contributed by atoms with Crippen molar-refractivity contribution in [3.05, 3.63) is 41.3 Å². The van der Waals surface area contributed by atoms with Crippen LogP contribution in [0.1, 0.15) is 64.7 Å². The van der Waals surface area contributed by atoms with E-state index in [9.17, 15) is 0 Å². The van der Waals surface area contributed by atoms with Crippen molar-refractivity contribution < 1.29 is 18.9 Å².